The van der Waals surface area contributed by atoms with Crippen LogP contribution in [0.15, 0.2) is 48.5 Å². The van der Waals surface area contributed by atoms with Crippen molar-refractivity contribution >= 4 is 28.9 Å². The predicted molar refractivity (Wildman–Crippen MR) is 123 cm³/mol. The maximum Gasteiger partial charge on any atom is 0.243 e. The molecule has 6 nitrogen and oxygen atoms in total. The fraction of sp³-hybridized carbons (Fsp3) is 0.417. The quantitative estimate of drug-likeness (QED) is 0.407. The number of carbonyl (C=O) groups is 2. The summed E-state index contributed by atoms with van der Waals surface area (Å²) in [6, 6.07) is 14.7. The van der Waals surface area contributed by atoms with Crippen molar-refractivity contribution in [3.63, 3.8) is 0 Å². The zero-order valence-electron chi connectivity index (χ0n) is 18.2. The van der Waals surface area contributed by atoms with Crippen molar-refractivity contribution in [2.45, 2.75) is 59.0 Å². The van der Waals surface area contributed by atoms with Gasteiger partial charge in [-0.25, -0.2) is 0 Å². The summed E-state index contributed by atoms with van der Waals surface area (Å²) >= 11 is 0. The van der Waals surface area contributed by atoms with Crippen molar-refractivity contribution in [1.29, 1.82) is 0 Å². The molecule has 162 valence electrons. The Morgan fingerprint density at radius 1 is 0.900 bits per heavy atom. The first-order chi connectivity index (χ1) is 14.5. The van der Waals surface area contributed by atoms with Crippen LogP contribution < -0.4 is 20.7 Å². The molecule has 0 fully saturated rings. The summed E-state index contributed by atoms with van der Waals surface area (Å²) < 4.78 is 5.74. The second kappa shape index (κ2) is 12.5. The van der Waals surface area contributed by atoms with Crippen LogP contribution in [0.2, 0.25) is 0 Å². The fourth-order valence-electron chi connectivity index (χ4n) is 2.79. The summed E-state index contributed by atoms with van der Waals surface area (Å²) in [7, 11) is 0. The second-order valence-corrected chi connectivity index (χ2v) is 7.35. The van der Waals surface area contributed by atoms with E-state index in [9.17, 15) is 9.59 Å². The molecule has 2 amide bonds. The van der Waals surface area contributed by atoms with E-state index in [0.717, 1.165) is 42.8 Å². The standard InChI is InChI=1S/C24H33N3O3/c1-4-6-7-11-23(28)27-21-10-8-9-20(16-21)25-17-24(29)26-19-12-14-22(15-13-19)30-18(3)5-2/h8-10,12-16,18,25H,4-7,11,17H2,1-3H3,(H,26,29)(H,27,28). The molecule has 2 rings (SSSR count). The van der Waals surface area contributed by atoms with E-state index in [1.54, 1.807) is 0 Å². The highest BCUT2D eigenvalue weighted by Crippen LogP contribution is 2.18. The molecule has 2 aromatic rings. The molecular weight excluding hydrogens is 378 g/mol. The van der Waals surface area contributed by atoms with Gasteiger partial charge in [-0.1, -0.05) is 32.8 Å². The number of nitrogens with one attached hydrogen (secondary N) is 3. The average molecular weight is 412 g/mol. The molecule has 0 saturated carbocycles. The Morgan fingerprint density at radius 2 is 1.60 bits per heavy atom. The van der Waals surface area contributed by atoms with E-state index in [-0.39, 0.29) is 24.5 Å². The maximum absolute atomic E-state index is 12.2. The highest BCUT2D eigenvalue weighted by Gasteiger charge is 2.06. The lowest BCUT2D eigenvalue weighted by molar-refractivity contribution is -0.116. The Balaban J connectivity index is 1.79. The molecule has 0 saturated heterocycles. The van der Waals surface area contributed by atoms with E-state index in [0.29, 0.717) is 12.1 Å². The van der Waals surface area contributed by atoms with Gasteiger partial charge in [-0.15, -0.1) is 0 Å². The molecule has 30 heavy (non-hydrogen) atoms. The smallest absolute Gasteiger partial charge is 0.243 e. The summed E-state index contributed by atoms with van der Waals surface area (Å²) in [6.07, 6.45) is 4.66. The molecule has 0 spiro atoms. The first-order valence-corrected chi connectivity index (χ1v) is 10.7. The summed E-state index contributed by atoms with van der Waals surface area (Å²) in [6.45, 7) is 6.33. The Bertz CT molecular complexity index is 806. The number of unbranched alkanes of at least 4 members (excludes halogenated alkanes) is 2. The summed E-state index contributed by atoms with van der Waals surface area (Å²) in [5.74, 6) is 0.646. The lowest BCUT2D eigenvalue weighted by atomic mass is 10.2. The zero-order valence-corrected chi connectivity index (χ0v) is 18.2. The van der Waals surface area contributed by atoms with Gasteiger partial charge in [0.15, 0.2) is 0 Å². The van der Waals surface area contributed by atoms with E-state index in [4.69, 9.17) is 4.74 Å². The molecule has 1 unspecified atom stereocenters. The van der Waals surface area contributed by atoms with E-state index in [2.05, 4.69) is 29.8 Å². The molecule has 0 bridgehead atoms. The van der Waals surface area contributed by atoms with Gasteiger partial charge >= 0.3 is 0 Å². The summed E-state index contributed by atoms with van der Waals surface area (Å²) in [5.41, 5.74) is 2.21. The second-order valence-electron chi connectivity index (χ2n) is 7.35. The molecule has 0 aliphatic rings. The minimum absolute atomic E-state index is 0.0131. The van der Waals surface area contributed by atoms with Gasteiger partial charge in [0.05, 0.1) is 12.6 Å². The molecular formula is C24H33N3O3. The Hall–Kier alpha value is -3.02. The van der Waals surface area contributed by atoms with E-state index in [1.165, 1.54) is 0 Å². The number of carbonyl (C=O) groups excluding carboxylic acids is 2. The topological polar surface area (TPSA) is 79.5 Å². The number of hydrogen-bond acceptors (Lipinski definition) is 4. The van der Waals surface area contributed by atoms with E-state index in [1.807, 2.05) is 55.5 Å². The Morgan fingerprint density at radius 3 is 2.30 bits per heavy atom. The van der Waals surface area contributed by atoms with Gasteiger partial charge in [0.25, 0.3) is 0 Å². The van der Waals surface area contributed by atoms with Gasteiger partial charge < -0.3 is 20.7 Å². The van der Waals surface area contributed by atoms with Crippen molar-refractivity contribution in [3.8, 4) is 5.75 Å². The summed E-state index contributed by atoms with van der Waals surface area (Å²) in [5, 5.41) is 8.84. The third-order valence-corrected chi connectivity index (χ3v) is 4.66. The van der Waals surface area contributed by atoms with Gasteiger partial charge in [-0.05, 0) is 62.2 Å². The number of anilines is 3. The van der Waals surface area contributed by atoms with Crippen LogP contribution in [0.25, 0.3) is 0 Å². The monoisotopic (exact) mass is 411 g/mol. The molecule has 1 atom stereocenters. The van der Waals surface area contributed by atoms with Crippen LogP contribution in [0, 0.1) is 0 Å². The van der Waals surface area contributed by atoms with Crippen LogP contribution in [-0.2, 0) is 9.59 Å². The third kappa shape index (κ3) is 8.55. The minimum Gasteiger partial charge on any atom is -0.491 e. The van der Waals surface area contributed by atoms with Crippen molar-refractivity contribution in [2.75, 3.05) is 22.5 Å². The summed E-state index contributed by atoms with van der Waals surface area (Å²) in [4.78, 5) is 24.2. The molecule has 0 heterocycles. The lowest BCUT2D eigenvalue weighted by Crippen LogP contribution is -2.21. The first-order valence-electron chi connectivity index (χ1n) is 10.7. The highest BCUT2D eigenvalue weighted by molar-refractivity contribution is 5.94. The van der Waals surface area contributed by atoms with Gasteiger partial charge in [0, 0.05) is 23.5 Å². The van der Waals surface area contributed by atoms with E-state index < -0.39 is 0 Å². The molecule has 3 N–H and O–H groups in total. The third-order valence-electron chi connectivity index (χ3n) is 4.66. The van der Waals surface area contributed by atoms with Crippen LogP contribution in [0.5, 0.6) is 5.75 Å². The van der Waals surface area contributed by atoms with Crippen molar-refractivity contribution in [3.05, 3.63) is 48.5 Å². The number of hydrogen-bond donors (Lipinski definition) is 3. The van der Waals surface area contributed by atoms with Crippen LogP contribution in [0.4, 0.5) is 17.1 Å². The van der Waals surface area contributed by atoms with Crippen LogP contribution in [-0.4, -0.2) is 24.5 Å². The number of rotatable bonds is 12. The van der Waals surface area contributed by atoms with Crippen LogP contribution in [0.3, 0.4) is 0 Å². The zero-order chi connectivity index (χ0) is 21.8. The van der Waals surface area contributed by atoms with Gasteiger partial charge in [-0.3, -0.25) is 9.59 Å². The minimum atomic E-state index is -0.153. The van der Waals surface area contributed by atoms with E-state index >= 15 is 0 Å². The molecule has 0 aliphatic heterocycles. The fourth-order valence-corrected chi connectivity index (χ4v) is 2.79. The lowest BCUT2D eigenvalue weighted by Gasteiger charge is -2.13. The molecule has 0 aromatic heterocycles. The van der Waals surface area contributed by atoms with Crippen LogP contribution >= 0.6 is 0 Å². The Labute approximate surface area is 179 Å². The van der Waals surface area contributed by atoms with Gasteiger partial charge in [0.2, 0.25) is 11.8 Å². The molecule has 0 radical (unpaired) electrons. The average Bonchev–Trinajstić information content (AvgIpc) is 2.74. The number of amides is 2. The highest BCUT2D eigenvalue weighted by atomic mass is 16.5. The van der Waals surface area contributed by atoms with Crippen LogP contribution in [0.1, 0.15) is 52.9 Å². The molecule has 2 aromatic carbocycles. The number of benzene rings is 2. The number of ether oxygens (including phenoxy) is 1. The maximum atomic E-state index is 12.2. The Kier molecular flexibility index (Phi) is 9.71. The normalized spacial score (nSPS) is 11.4. The van der Waals surface area contributed by atoms with Crippen molar-refractivity contribution < 1.29 is 14.3 Å². The SMILES string of the molecule is CCCCCC(=O)Nc1cccc(NCC(=O)Nc2ccc(OC(C)CC)cc2)c1. The molecule has 6 heteroatoms. The predicted octanol–water partition coefficient (Wildman–Crippen LogP) is 5.43. The largest absolute Gasteiger partial charge is 0.491 e. The van der Waals surface area contributed by atoms with Crippen molar-refractivity contribution in [2.24, 2.45) is 0 Å². The van der Waals surface area contributed by atoms with Gasteiger partial charge in [0.1, 0.15) is 5.75 Å². The van der Waals surface area contributed by atoms with Crippen molar-refractivity contribution in [1.82, 2.24) is 0 Å². The molecule has 0 aliphatic carbocycles. The van der Waals surface area contributed by atoms with Gasteiger partial charge in [-0.2, -0.15) is 0 Å². The first kappa shape index (κ1) is 23.3.